The van der Waals surface area contributed by atoms with Crippen molar-refractivity contribution in [1.29, 1.82) is 0 Å². The average Bonchev–Trinajstić information content (AvgIpc) is 1.49. The highest BCUT2D eigenvalue weighted by Crippen LogP contribution is 2.55. The van der Waals surface area contributed by atoms with Crippen LogP contribution in [0.5, 0.6) is 28.7 Å². The fraction of sp³-hybridized carbons (Fsp3) is 0.508. The number of hydrogen-bond acceptors (Lipinski definition) is 19. The molecule has 2 saturated heterocycles. The van der Waals surface area contributed by atoms with Crippen LogP contribution in [0.15, 0.2) is 58.3 Å². The number of allylic oxidation sites excluding steroid dienone is 2. The van der Waals surface area contributed by atoms with E-state index >= 15 is 4.39 Å². The van der Waals surface area contributed by atoms with Gasteiger partial charge in [0.15, 0.2) is 17.3 Å². The number of aromatic hydroxyl groups is 3. The Bertz CT molecular complexity index is 3480. The first-order valence-electron chi connectivity index (χ1n) is 28.4. The highest BCUT2D eigenvalue weighted by atomic mass is 19.1. The zero-order valence-electron chi connectivity index (χ0n) is 48.8. The first-order valence-corrected chi connectivity index (χ1v) is 28.4. The number of ketones is 1. The summed E-state index contributed by atoms with van der Waals surface area (Å²) in [5, 5.41) is 81.6. The Morgan fingerprint density at radius 2 is 1.60 bits per heavy atom. The number of hydrazone groups is 1. The molecule has 1 amide bonds. The van der Waals surface area contributed by atoms with E-state index in [-0.39, 0.29) is 79.4 Å². The Hall–Kier alpha value is -7.73. The number of pyridine rings is 1. The molecule has 22 nitrogen and oxygen atoms in total. The predicted molar refractivity (Wildman–Crippen MR) is 310 cm³/mol. The average molecular weight is 1170 g/mol. The number of carbonyl (C=O) groups is 4. The number of esters is 1. The number of methoxy groups -OCH3 is 2. The van der Waals surface area contributed by atoms with E-state index in [1.165, 1.54) is 72.7 Å². The number of phenols is 3. The number of rotatable bonds is 10. The third-order valence-electron chi connectivity index (χ3n) is 17.4. The number of piperidine rings is 1. The first-order chi connectivity index (χ1) is 39.8. The molecule has 5 aliphatic heterocycles. The van der Waals surface area contributed by atoms with Crippen molar-refractivity contribution in [2.75, 3.05) is 50.6 Å². The number of aromatic nitrogens is 1. The normalized spacial score (nSPS) is 28.8. The van der Waals surface area contributed by atoms with Crippen LogP contribution in [0.1, 0.15) is 118 Å². The van der Waals surface area contributed by atoms with Crippen LogP contribution >= 0.6 is 0 Å². The second-order valence-electron chi connectivity index (χ2n) is 23.1. The van der Waals surface area contributed by atoms with Gasteiger partial charge >= 0.3 is 17.7 Å². The van der Waals surface area contributed by atoms with Gasteiger partial charge in [0, 0.05) is 112 Å². The summed E-state index contributed by atoms with van der Waals surface area (Å²) >= 11 is 0. The number of carboxylic acids is 1. The van der Waals surface area contributed by atoms with E-state index in [9.17, 15) is 54.6 Å². The molecule has 1 unspecified atom stereocenters. The van der Waals surface area contributed by atoms with Gasteiger partial charge in [-0.3, -0.25) is 24.2 Å². The number of Topliss-reactive ketones (excluding diaryl/α,β-unsaturated/α-hetero) is 1. The van der Waals surface area contributed by atoms with Gasteiger partial charge in [-0.1, -0.05) is 45.9 Å². The van der Waals surface area contributed by atoms with Crippen LogP contribution in [0.2, 0.25) is 0 Å². The largest absolute Gasteiger partial charge is 0.507 e. The fourth-order valence-corrected chi connectivity index (χ4v) is 12.3. The molecule has 1 aromatic heterocycles. The van der Waals surface area contributed by atoms with Gasteiger partial charge in [-0.2, -0.15) is 5.10 Å². The van der Waals surface area contributed by atoms with E-state index in [1.807, 2.05) is 4.90 Å². The molecular formula is C61H75FN6O16. The molecule has 3 aromatic carbocycles. The molecule has 10 atom stereocenters. The summed E-state index contributed by atoms with van der Waals surface area (Å²) in [5.74, 6) is -10.9. The molecule has 6 heterocycles. The van der Waals surface area contributed by atoms with Gasteiger partial charge in [-0.25, -0.2) is 9.18 Å². The molecule has 23 heteroatoms. The lowest BCUT2D eigenvalue weighted by Crippen LogP contribution is -2.46. The number of benzene rings is 3. The number of carboxylic acid groups (broad SMARTS) is 1. The summed E-state index contributed by atoms with van der Waals surface area (Å²) < 4.78 is 47.6. The monoisotopic (exact) mass is 1170 g/mol. The number of anilines is 2. The molecule has 1 aliphatic carbocycles. The maximum absolute atomic E-state index is 16.2. The number of nitrogens with one attached hydrogen (secondary N) is 2. The number of hydrogen-bond donors (Lipinski definition) is 8. The van der Waals surface area contributed by atoms with Gasteiger partial charge in [-0.15, -0.1) is 0 Å². The van der Waals surface area contributed by atoms with Crippen molar-refractivity contribution >= 4 is 62.9 Å². The standard InChI is InChI=1S/C61H75FN6O16/c1-28-12-11-13-29(2)59(77)65-46-39(25-63-67-21-17-35(18-22-67)64-36-16-20-66(26-36)48-41(62)24-38-47(57(48)81-10)68(37-14-15-37)27-40(52(38)73)60(78)79)53(74)43-44(54(46)75)51(72)33(6)56-45(43)58(76)61(8,84-56)82-23-19-42(80-9)30(3)55(83-34(7)69)32(5)50(71)31(4)49(28)70/h11-13,19,23-25,27-28,30-32,35-37,42,49-50,55,64,70-72,74-75H,14-18,20-22,26H2,1-10H3,(H,65,77)(H,78,79)/b12-11+,23-19+,29-13-,63-25+/t28-,30-,31-,32-,36?,42+,49+,50-,55-,61+/m1/s1. The van der Waals surface area contributed by atoms with Crippen molar-refractivity contribution in [1.82, 2.24) is 14.9 Å². The molecule has 3 fully saturated rings. The summed E-state index contributed by atoms with van der Waals surface area (Å²) in [6, 6.07) is 1.00. The second-order valence-corrected chi connectivity index (χ2v) is 23.1. The van der Waals surface area contributed by atoms with Crippen molar-refractivity contribution in [3.63, 3.8) is 0 Å². The number of ether oxygens (including phenoxy) is 5. The maximum atomic E-state index is 16.2. The van der Waals surface area contributed by atoms with E-state index in [0.29, 0.717) is 51.0 Å². The van der Waals surface area contributed by atoms with Crippen LogP contribution in [-0.2, 0) is 23.8 Å². The zero-order valence-corrected chi connectivity index (χ0v) is 48.8. The quantitative estimate of drug-likeness (QED) is 0.0346. The van der Waals surface area contributed by atoms with Crippen molar-refractivity contribution in [3.8, 4) is 28.7 Å². The molecule has 4 aromatic rings. The number of aliphatic hydroxyl groups excluding tert-OH is 2. The third-order valence-corrected chi connectivity index (χ3v) is 17.4. The molecular weight excluding hydrogens is 1090 g/mol. The molecule has 6 aliphatic rings. The number of nitrogens with zero attached hydrogens (tertiary/aromatic N) is 4. The molecule has 452 valence electrons. The number of carbonyl (C=O) groups excluding carboxylic acids is 3. The van der Waals surface area contributed by atoms with Crippen molar-refractivity contribution in [3.05, 3.63) is 86.7 Å². The molecule has 10 rings (SSSR count). The Balaban J connectivity index is 1.00. The lowest BCUT2D eigenvalue weighted by Gasteiger charge is -2.38. The van der Waals surface area contributed by atoms with Crippen LogP contribution in [0, 0.1) is 36.4 Å². The van der Waals surface area contributed by atoms with Crippen molar-refractivity contribution < 1.29 is 77.9 Å². The smallest absolute Gasteiger partial charge is 0.341 e. The lowest BCUT2D eigenvalue weighted by atomic mass is 9.78. The van der Waals surface area contributed by atoms with Crippen LogP contribution in [0.25, 0.3) is 21.7 Å². The highest BCUT2D eigenvalue weighted by Gasteiger charge is 2.50. The van der Waals surface area contributed by atoms with E-state index in [4.69, 9.17) is 28.8 Å². The van der Waals surface area contributed by atoms with Gasteiger partial charge in [0.05, 0.1) is 71.0 Å². The van der Waals surface area contributed by atoms with Crippen LogP contribution in [0.4, 0.5) is 15.8 Å². The van der Waals surface area contributed by atoms with E-state index in [1.54, 1.807) is 49.4 Å². The Kier molecular flexibility index (Phi) is 17.5. The molecule has 0 radical (unpaired) electrons. The topological polar surface area (TPSA) is 301 Å². The second kappa shape index (κ2) is 24.1. The van der Waals surface area contributed by atoms with Crippen LogP contribution in [0.3, 0.4) is 0 Å². The van der Waals surface area contributed by atoms with Crippen molar-refractivity contribution in [2.24, 2.45) is 28.8 Å². The first kappa shape index (κ1) is 60.8. The summed E-state index contributed by atoms with van der Waals surface area (Å²) in [6.07, 6.45) is 9.26. The summed E-state index contributed by atoms with van der Waals surface area (Å²) in [6.45, 7) is 14.1. The van der Waals surface area contributed by atoms with Gasteiger partial charge < -0.3 is 74.4 Å². The highest BCUT2D eigenvalue weighted by molar-refractivity contribution is 6.24. The fourth-order valence-electron chi connectivity index (χ4n) is 12.3. The van der Waals surface area contributed by atoms with Gasteiger partial charge in [0.25, 0.3) is 11.7 Å². The minimum atomic E-state index is -2.12. The van der Waals surface area contributed by atoms with Gasteiger partial charge in [0.2, 0.25) is 5.43 Å². The SMILES string of the molecule is COc1c(N2CCC(NC3CCN(/N=C/c4c5c(O)c6c(O)c(C)c7c(c6c4O)C(=O)[C@@](C)(O/C=C/[C@H](OC)[C@@H](C)[C@@H](OC(C)=O)[C@H](C)[C@H](O)[C@H](C)[C@@H](O)[C@H](C)/C=C/C=C(/C)C(=O)N5)O7)CC3)C2)c(F)cc2c(=O)c(C(=O)O)cn(C3CC3)c12. The molecule has 0 spiro atoms. The number of halogens is 1. The van der Waals surface area contributed by atoms with E-state index in [2.05, 4.69) is 10.6 Å². The van der Waals surface area contributed by atoms with Crippen LogP contribution < -0.4 is 30.4 Å². The zero-order chi connectivity index (χ0) is 61.0. The molecule has 5 bridgehead atoms. The number of fused-ring (bicyclic) bond motifs is 15. The van der Waals surface area contributed by atoms with Gasteiger partial charge in [-0.05, 0) is 58.1 Å². The number of aliphatic hydroxyl groups is 2. The number of amides is 1. The Morgan fingerprint density at radius 1 is 0.905 bits per heavy atom. The summed E-state index contributed by atoms with van der Waals surface area (Å²) in [5.41, 5.74) is -1.32. The maximum Gasteiger partial charge on any atom is 0.341 e. The number of aromatic carboxylic acids is 1. The minimum absolute atomic E-state index is 0.00497. The predicted octanol–water partition coefficient (Wildman–Crippen LogP) is 6.92. The minimum Gasteiger partial charge on any atom is -0.507 e. The molecule has 84 heavy (non-hydrogen) atoms. The number of phenolic OH excluding ortho intramolecular Hbond substituents is 3. The summed E-state index contributed by atoms with van der Waals surface area (Å²) in [7, 11) is 2.83. The third kappa shape index (κ3) is 11.4. The van der Waals surface area contributed by atoms with Gasteiger partial charge in [0.1, 0.15) is 34.6 Å². The lowest BCUT2D eigenvalue weighted by molar-refractivity contribution is -0.160. The summed E-state index contributed by atoms with van der Waals surface area (Å²) in [4.78, 5) is 68.5. The molecule has 8 N–H and O–H groups in total. The van der Waals surface area contributed by atoms with E-state index in [0.717, 1.165) is 18.9 Å². The molecule has 1 saturated carbocycles. The van der Waals surface area contributed by atoms with Crippen molar-refractivity contribution in [2.45, 2.75) is 136 Å². The van der Waals surface area contributed by atoms with E-state index < -0.39 is 112 Å². The van der Waals surface area contributed by atoms with Crippen LogP contribution in [-0.4, -0.2) is 153 Å². The Morgan fingerprint density at radius 3 is 2.24 bits per heavy atom. The Labute approximate surface area is 484 Å².